The summed E-state index contributed by atoms with van der Waals surface area (Å²) in [4.78, 5) is 29.3. The van der Waals surface area contributed by atoms with Crippen molar-refractivity contribution in [1.82, 2.24) is 0 Å². The van der Waals surface area contributed by atoms with Crippen LogP contribution in [0.5, 0.6) is 0 Å². The van der Waals surface area contributed by atoms with Crippen molar-refractivity contribution in [1.29, 1.82) is 0 Å². The Balaban J connectivity index is 1.99. The fraction of sp³-hybridized carbons (Fsp3) is 0.190. The van der Waals surface area contributed by atoms with Crippen LogP contribution in [0.15, 0.2) is 62.0 Å². The Labute approximate surface area is 166 Å². The molecule has 28 heavy (non-hydrogen) atoms. The maximum absolute atomic E-state index is 12.5. The number of aliphatic hydroxyl groups excluding tert-OH is 1. The number of carbonyl (C=O) groups is 2. The van der Waals surface area contributed by atoms with E-state index in [1.54, 1.807) is 56.3 Å². The van der Waals surface area contributed by atoms with Gasteiger partial charge in [-0.25, -0.2) is 9.79 Å². The molecule has 1 aromatic carbocycles. The Morgan fingerprint density at radius 1 is 1.18 bits per heavy atom. The van der Waals surface area contributed by atoms with Gasteiger partial charge < -0.3 is 14.3 Å². The molecule has 1 aliphatic rings. The number of aryl methyl sites for hydroxylation is 2. The van der Waals surface area contributed by atoms with Crippen LogP contribution in [0.4, 0.5) is 0 Å². The lowest BCUT2D eigenvalue weighted by Crippen LogP contribution is -2.14. The minimum atomic E-state index is -0.734. The molecule has 2 heterocycles. The zero-order valence-electron chi connectivity index (χ0n) is 15.7. The molecule has 1 aliphatic heterocycles. The van der Waals surface area contributed by atoms with Gasteiger partial charge in [-0.3, -0.25) is 4.79 Å². The number of aliphatic hydroxyl groups is 1. The van der Waals surface area contributed by atoms with Gasteiger partial charge in [-0.15, -0.1) is 0 Å². The van der Waals surface area contributed by atoms with E-state index in [-0.39, 0.29) is 23.0 Å². The van der Waals surface area contributed by atoms with Crippen molar-refractivity contribution in [3.8, 4) is 0 Å². The first-order valence-electron chi connectivity index (χ1n) is 8.65. The first-order chi connectivity index (χ1) is 13.4. The van der Waals surface area contributed by atoms with Gasteiger partial charge in [0.1, 0.15) is 27.9 Å². The average molecular weight is 397 g/mol. The van der Waals surface area contributed by atoms with Crippen molar-refractivity contribution in [2.45, 2.75) is 20.8 Å². The van der Waals surface area contributed by atoms with E-state index < -0.39 is 11.9 Å². The number of rotatable bonds is 4. The van der Waals surface area contributed by atoms with Crippen LogP contribution in [0.3, 0.4) is 0 Å². The summed E-state index contributed by atoms with van der Waals surface area (Å²) in [5, 5.41) is 10.7. The molecular formula is C21H19NO5S. The third kappa shape index (κ3) is 4.26. The van der Waals surface area contributed by atoms with E-state index in [1.165, 1.54) is 0 Å². The van der Waals surface area contributed by atoms with E-state index >= 15 is 0 Å². The highest BCUT2D eigenvalue weighted by Gasteiger charge is 2.34. The summed E-state index contributed by atoms with van der Waals surface area (Å²) in [6, 6.07) is 10.5. The highest BCUT2D eigenvalue weighted by Crippen LogP contribution is 2.39. The third-order valence-electron chi connectivity index (χ3n) is 3.91. The van der Waals surface area contributed by atoms with E-state index in [9.17, 15) is 14.7 Å². The summed E-state index contributed by atoms with van der Waals surface area (Å²) >= 11 is 1.02. The predicted octanol–water partition coefficient (Wildman–Crippen LogP) is 4.60. The molecule has 0 saturated carbocycles. The first-order valence-corrected chi connectivity index (χ1v) is 9.47. The average Bonchev–Trinajstić information content (AvgIpc) is 3.19. The van der Waals surface area contributed by atoms with E-state index in [2.05, 4.69) is 4.99 Å². The smallest absolute Gasteiger partial charge is 0.344 e. The second-order valence-corrected chi connectivity index (χ2v) is 7.12. The van der Waals surface area contributed by atoms with Crippen LogP contribution in [-0.4, -0.2) is 28.6 Å². The van der Waals surface area contributed by atoms with Crippen LogP contribution >= 0.6 is 11.8 Å². The molecule has 1 N–H and O–H groups in total. The Bertz CT molecular complexity index is 1010. The molecule has 0 aliphatic carbocycles. The number of benzene rings is 1. The van der Waals surface area contributed by atoms with E-state index in [4.69, 9.17) is 9.15 Å². The number of thioether (sulfide) groups is 1. The number of nitrogens with zero attached hydrogens (tertiary/aromatic N) is 1. The van der Waals surface area contributed by atoms with Crippen molar-refractivity contribution in [2.75, 3.05) is 6.61 Å². The van der Waals surface area contributed by atoms with Gasteiger partial charge in [0.2, 0.25) is 0 Å². The largest absolute Gasteiger partial charge is 0.506 e. The zero-order chi connectivity index (χ0) is 20.3. The van der Waals surface area contributed by atoms with E-state index in [1.807, 2.05) is 6.92 Å². The van der Waals surface area contributed by atoms with Gasteiger partial charge in [-0.1, -0.05) is 29.5 Å². The highest BCUT2D eigenvalue weighted by atomic mass is 32.2. The lowest BCUT2D eigenvalue weighted by Gasteiger charge is -2.03. The standard InChI is InChI=1S/C21H19NO5S/c1-4-26-21(25)17-18(23)16(11-15-10-7-13(3)27-15)28-20(17)22-19(24)14-8-5-12(2)6-9-14/h5-11,23H,4H2,1-3H3. The fourth-order valence-corrected chi connectivity index (χ4v) is 3.50. The molecule has 144 valence electrons. The summed E-state index contributed by atoms with van der Waals surface area (Å²) in [5.74, 6) is -0.296. The molecule has 0 saturated heterocycles. The molecule has 2 aromatic rings. The molecule has 6 nitrogen and oxygen atoms in total. The number of aliphatic imine (C=N–C) groups is 1. The summed E-state index contributed by atoms with van der Waals surface area (Å²) < 4.78 is 10.5. The maximum atomic E-state index is 12.5. The van der Waals surface area contributed by atoms with Crippen LogP contribution in [0.1, 0.15) is 34.4 Å². The first kappa shape index (κ1) is 19.7. The number of hydrogen-bond donors (Lipinski definition) is 1. The van der Waals surface area contributed by atoms with Gasteiger partial charge in [0, 0.05) is 5.56 Å². The molecule has 0 radical (unpaired) electrons. The van der Waals surface area contributed by atoms with Crippen molar-refractivity contribution in [3.05, 3.63) is 75.3 Å². The SMILES string of the molecule is CCOC(=O)C1=C(O)C(=Cc2ccc(C)o2)SC1=NC(=O)c1ccc(C)cc1. The van der Waals surface area contributed by atoms with Crippen molar-refractivity contribution < 1.29 is 23.8 Å². The van der Waals surface area contributed by atoms with Crippen LogP contribution in [0.25, 0.3) is 6.08 Å². The van der Waals surface area contributed by atoms with E-state index in [0.29, 0.717) is 22.0 Å². The van der Waals surface area contributed by atoms with Gasteiger partial charge in [-0.05, 0) is 51.1 Å². The Kier molecular flexibility index (Phi) is 5.84. The monoisotopic (exact) mass is 397 g/mol. The summed E-state index contributed by atoms with van der Waals surface area (Å²) in [7, 11) is 0. The molecular weight excluding hydrogens is 378 g/mol. The Hall–Kier alpha value is -3.06. The number of hydrogen-bond acceptors (Lipinski definition) is 6. The number of amides is 1. The van der Waals surface area contributed by atoms with Crippen molar-refractivity contribution >= 4 is 34.8 Å². The van der Waals surface area contributed by atoms with Crippen LogP contribution in [0, 0.1) is 13.8 Å². The number of esters is 1. The second-order valence-electron chi connectivity index (χ2n) is 6.09. The summed E-state index contributed by atoms with van der Waals surface area (Å²) in [6.07, 6.45) is 1.59. The Morgan fingerprint density at radius 2 is 1.89 bits per heavy atom. The number of furan rings is 1. The fourth-order valence-electron chi connectivity index (χ4n) is 2.50. The quantitative estimate of drug-likeness (QED) is 0.759. The van der Waals surface area contributed by atoms with Crippen LogP contribution < -0.4 is 0 Å². The molecule has 3 rings (SSSR count). The van der Waals surface area contributed by atoms with Gasteiger partial charge in [0.15, 0.2) is 0 Å². The minimum Gasteiger partial charge on any atom is -0.506 e. The highest BCUT2D eigenvalue weighted by molar-refractivity contribution is 8.18. The predicted molar refractivity (Wildman–Crippen MR) is 108 cm³/mol. The molecule has 0 atom stereocenters. The summed E-state index contributed by atoms with van der Waals surface area (Å²) in [5.41, 5.74) is 1.28. The van der Waals surface area contributed by atoms with E-state index in [0.717, 1.165) is 17.3 Å². The van der Waals surface area contributed by atoms with Crippen LogP contribution in [0.2, 0.25) is 0 Å². The topological polar surface area (TPSA) is 89.1 Å². The lowest BCUT2D eigenvalue weighted by atomic mass is 10.1. The van der Waals surface area contributed by atoms with Gasteiger partial charge in [0.25, 0.3) is 5.91 Å². The minimum absolute atomic E-state index is 0.0936. The van der Waals surface area contributed by atoms with Gasteiger partial charge in [0.05, 0.1) is 11.5 Å². The van der Waals surface area contributed by atoms with Crippen LogP contribution in [-0.2, 0) is 9.53 Å². The van der Waals surface area contributed by atoms with Gasteiger partial charge in [-0.2, -0.15) is 0 Å². The zero-order valence-corrected chi connectivity index (χ0v) is 16.5. The lowest BCUT2D eigenvalue weighted by molar-refractivity contribution is -0.138. The normalized spacial score (nSPS) is 16.8. The number of ether oxygens (including phenoxy) is 1. The molecule has 0 unspecified atom stereocenters. The maximum Gasteiger partial charge on any atom is 0.344 e. The molecule has 0 bridgehead atoms. The number of carbonyl (C=O) groups excluding carboxylic acids is 2. The third-order valence-corrected chi connectivity index (χ3v) is 4.93. The molecule has 7 heteroatoms. The van der Waals surface area contributed by atoms with Crippen molar-refractivity contribution in [2.24, 2.45) is 4.99 Å². The van der Waals surface area contributed by atoms with Crippen molar-refractivity contribution in [3.63, 3.8) is 0 Å². The molecule has 0 fully saturated rings. The van der Waals surface area contributed by atoms with Gasteiger partial charge >= 0.3 is 5.97 Å². The summed E-state index contributed by atoms with van der Waals surface area (Å²) in [6.45, 7) is 5.51. The molecule has 0 spiro atoms. The molecule has 1 aromatic heterocycles. The molecule has 1 amide bonds. The second kappa shape index (κ2) is 8.31. The Morgan fingerprint density at radius 3 is 2.50 bits per heavy atom.